The molecule has 0 aliphatic heterocycles. The summed E-state index contributed by atoms with van der Waals surface area (Å²) in [5.41, 5.74) is 0.107. The zero-order chi connectivity index (χ0) is 12.9. The molecule has 3 heteroatoms. The largest absolute Gasteiger partial charge is 0.375 e. The zero-order valence-corrected chi connectivity index (χ0v) is 12.6. The number of halogens is 1. The molecule has 1 aliphatic rings. The van der Waals surface area contributed by atoms with Gasteiger partial charge in [-0.15, -0.1) is 11.6 Å². The molecule has 0 spiro atoms. The van der Waals surface area contributed by atoms with Gasteiger partial charge in [0.15, 0.2) is 0 Å². The smallest absolute Gasteiger partial charge is 0.0599 e. The summed E-state index contributed by atoms with van der Waals surface area (Å²) in [6, 6.07) is 0. The Morgan fingerprint density at radius 2 is 2.12 bits per heavy atom. The van der Waals surface area contributed by atoms with Gasteiger partial charge in [0.05, 0.1) is 12.2 Å². The van der Waals surface area contributed by atoms with Gasteiger partial charge in [-0.05, 0) is 39.5 Å². The molecule has 0 radical (unpaired) electrons. The Morgan fingerprint density at radius 1 is 1.41 bits per heavy atom. The average molecular weight is 262 g/mol. The van der Waals surface area contributed by atoms with Crippen molar-refractivity contribution in [3.8, 4) is 0 Å². The molecule has 17 heavy (non-hydrogen) atoms. The monoisotopic (exact) mass is 261 g/mol. The second-order valence-electron chi connectivity index (χ2n) is 6.50. The van der Waals surface area contributed by atoms with E-state index in [9.17, 15) is 0 Å². The fourth-order valence-corrected chi connectivity index (χ4v) is 3.00. The van der Waals surface area contributed by atoms with Crippen LogP contribution in [0, 0.1) is 5.92 Å². The van der Waals surface area contributed by atoms with Crippen LogP contribution in [0.3, 0.4) is 0 Å². The number of hydrogen-bond donors (Lipinski definition) is 1. The van der Waals surface area contributed by atoms with E-state index in [0.29, 0.717) is 5.88 Å². The normalized spacial score (nSPS) is 30.5. The van der Waals surface area contributed by atoms with E-state index in [4.69, 9.17) is 16.3 Å². The maximum absolute atomic E-state index is 6.17. The Hall–Kier alpha value is 0.210. The van der Waals surface area contributed by atoms with Crippen molar-refractivity contribution in [2.45, 2.75) is 64.5 Å². The lowest BCUT2D eigenvalue weighted by molar-refractivity contribution is -0.00427. The molecule has 0 aromatic rings. The molecule has 1 fully saturated rings. The van der Waals surface area contributed by atoms with Crippen LogP contribution in [0.5, 0.6) is 0 Å². The van der Waals surface area contributed by atoms with E-state index in [1.54, 1.807) is 0 Å². The van der Waals surface area contributed by atoms with Crippen molar-refractivity contribution in [1.29, 1.82) is 0 Å². The summed E-state index contributed by atoms with van der Waals surface area (Å²) >= 11 is 6.17. The molecule has 0 aromatic heterocycles. The van der Waals surface area contributed by atoms with Crippen LogP contribution in [0.15, 0.2) is 0 Å². The standard InChI is InChI=1S/C14H28ClNO/c1-12-6-5-7-14(10-12,11-15)16-8-9-17-13(2,3)4/h12,16H,5-11H2,1-4H3. The second kappa shape index (κ2) is 6.40. The Morgan fingerprint density at radius 3 is 2.65 bits per heavy atom. The highest BCUT2D eigenvalue weighted by Crippen LogP contribution is 2.33. The van der Waals surface area contributed by atoms with Crippen molar-refractivity contribution in [2.75, 3.05) is 19.0 Å². The van der Waals surface area contributed by atoms with Crippen molar-refractivity contribution in [3.05, 3.63) is 0 Å². The first kappa shape index (κ1) is 15.3. The summed E-state index contributed by atoms with van der Waals surface area (Å²) in [5, 5.41) is 3.63. The lowest BCUT2D eigenvalue weighted by Crippen LogP contribution is -2.51. The minimum Gasteiger partial charge on any atom is -0.375 e. The van der Waals surface area contributed by atoms with Gasteiger partial charge in [-0.1, -0.05) is 19.8 Å². The van der Waals surface area contributed by atoms with Gasteiger partial charge in [0.25, 0.3) is 0 Å². The fourth-order valence-electron chi connectivity index (χ4n) is 2.66. The van der Waals surface area contributed by atoms with Gasteiger partial charge >= 0.3 is 0 Å². The van der Waals surface area contributed by atoms with Gasteiger partial charge in [-0.3, -0.25) is 0 Å². The molecule has 0 amide bonds. The van der Waals surface area contributed by atoms with Gasteiger partial charge in [-0.25, -0.2) is 0 Å². The Bertz CT molecular complexity index is 227. The van der Waals surface area contributed by atoms with E-state index >= 15 is 0 Å². The predicted molar refractivity (Wildman–Crippen MR) is 74.8 cm³/mol. The molecule has 0 heterocycles. The highest BCUT2D eigenvalue weighted by atomic mass is 35.5. The number of rotatable bonds is 5. The van der Waals surface area contributed by atoms with Gasteiger partial charge in [0.2, 0.25) is 0 Å². The molecule has 1 saturated carbocycles. The third-order valence-corrected chi connectivity index (χ3v) is 4.00. The van der Waals surface area contributed by atoms with Gasteiger partial charge in [-0.2, -0.15) is 0 Å². The van der Waals surface area contributed by atoms with Crippen LogP contribution in [0.2, 0.25) is 0 Å². The molecule has 1 aliphatic carbocycles. The third-order valence-electron chi connectivity index (χ3n) is 3.48. The van der Waals surface area contributed by atoms with Gasteiger partial charge in [0, 0.05) is 18.0 Å². The average Bonchev–Trinajstić information content (AvgIpc) is 2.23. The van der Waals surface area contributed by atoms with Crippen molar-refractivity contribution < 1.29 is 4.74 Å². The number of ether oxygens (including phenoxy) is 1. The van der Waals surface area contributed by atoms with Crippen LogP contribution >= 0.6 is 11.6 Å². The van der Waals surface area contributed by atoms with Crippen LogP contribution in [-0.2, 0) is 4.74 Å². The lowest BCUT2D eigenvalue weighted by Gasteiger charge is -2.40. The number of nitrogens with one attached hydrogen (secondary N) is 1. The van der Waals surface area contributed by atoms with E-state index in [2.05, 4.69) is 33.0 Å². The van der Waals surface area contributed by atoms with E-state index < -0.39 is 0 Å². The molecule has 0 bridgehead atoms. The summed E-state index contributed by atoms with van der Waals surface area (Å²) < 4.78 is 5.73. The predicted octanol–water partition coefficient (Wildman–Crippen LogP) is 3.58. The molecule has 2 unspecified atom stereocenters. The summed E-state index contributed by atoms with van der Waals surface area (Å²) in [5.74, 6) is 1.51. The van der Waals surface area contributed by atoms with Crippen LogP contribution in [0.25, 0.3) is 0 Å². The molecule has 0 aromatic carbocycles. The first-order chi connectivity index (χ1) is 7.87. The maximum atomic E-state index is 6.17. The van der Waals surface area contributed by atoms with E-state index in [1.807, 2.05) is 0 Å². The summed E-state index contributed by atoms with van der Waals surface area (Å²) in [6.07, 6.45) is 5.04. The maximum Gasteiger partial charge on any atom is 0.0599 e. The minimum atomic E-state index is -0.0460. The minimum absolute atomic E-state index is 0.0460. The SMILES string of the molecule is CC1CCCC(CCl)(NCCOC(C)(C)C)C1. The highest BCUT2D eigenvalue weighted by Gasteiger charge is 2.33. The van der Waals surface area contributed by atoms with Crippen LogP contribution in [0.1, 0.15) is 53.4 Å². The van der Waals surface area contributed by atoms with Crippen molar-refractivity contribution in [3.63, 3.8) is 0 Å². The molecule has 2 nitrogen and oxygen atoms in total. The topological polar surface area (TPSA) is 21.3 Å². The Kier molecular flexibility index (Phi) is 5.75. The van der Waals surface area contributed by atoms with Gasteiger partial charge < -0.3 is 10.1 Å². The van der Waals surface area contributed by atoms with Crippen LogP contribution in [0.4, 0.5) is 0 Å². The first-order valence-corrected chi connectivity index (χ1v) is 7.35. The molecule has 2 atom stereocenters. The quantitative estimate of drug-likeness (QED) is 0.603. The van der Waals surface area contributed by atoms with Crippen molar-refractivity contribution in [2.24, 2.45) is 5.92 Å². The van der Waals surface area contributed by atoms with Crippen molar-refractivity contribution in [1.82, 2.24) is 5.32 Å². The Labute approximate surface area is 111 Å². The Balaban J connectivity index is 2.31. The molecular formula is C14H28ClNO. The second-order valence-corrected chi connectivity index (χ2v) is 6.77. The van der Waals surface area contributed by atoms with Crippen LogP contribution < -0.4 is 5.32 Å². The molecule has 1 N–H and O–H groups in total. The highest BCUT2D eigenvalue weighted by molar-refractivity contribution is 6.18. The van der Waals surface area contributed by atoms with Gasteiger partial charge in [0.1, 0.15) is 0 Å². The molecular weight excluding hydrogens is 234 g/mol. The molecule has 102 valence electrons. The fraction of sp³-hybridized carbons (Fsp3) is 1.00. The number of hydrogen-bond acceptors (Lipinski definition) is 2. The van der Waals surface area contributed by atoms with E-state index in [1.165, 1.54) is 25.7 Å². The molecule has 1 rings (SSSR count). The first-order valence-electron chi connectivity index (χ1n) is 6.82. The summed E-state index contributed by atoms with van der Waals surface area (Å²) in [7, 11) is 0. The van der Waals surface area contributed by atoms with Crippen LogP contribution in [-0.4, -0.2) is 30.2 Å². The summed E-state index contributed by atoms with van der Waals surface area (Å²) in [6.45, 7) is 10.3. The third kappa shape index (κ3) is 5.58. The van der Waals surface area contributed by atoms with Crippen molar-refractivity contribution >= 4 is 11.6 Å². The zero-order valence-electron chi connectivity index (χ0n) is 11.8. The summed E-state index contributed by atoms with van der Waals surface area (Å²) in [4.78, 5) is 0. The van der Waals surface area contributed by atoms with E-state index in [0.717, 1.165) is 19.1 Å². The lowest BCUT2D eigenvalue weighted by atomic mass is 9.77. The molecule has 0 saturated heterocycles. The van der Waals surface area contributed by atoms with E-state index in [-0.39, 0.29) is 11.1 Å². The number of alkyl halides is 1.